The standard InChI is InChI=1S/C42H50F2N8O6/c43-34-23-29(46-36-10-11-37(53)48-40(36)55)6-9-33(34)26-12-16-50(17-13-26)30-14-18-51(19-15-30)42(56)58-32-7-4-28(5-8-32)47-41-45-24-35(44)39(49-41)27-2-1-3-31(22-27)52-20-21-57-25-38(52)54/h1-3,6,9,22-24,26,28,30,32,36,46H,4-5,7-8,10-21,25H2,(H,45,47,49)(H,48,53,55). The van der Waals surface area contributed by atoms with Crippen LogP contribution in [0.4, 0.5) is 30.9 Å². The summed E-state index contributed by atoms with van der Waals surface area (Å²) in [5.41, 5.74) is 2.57. The van der Waals surface area contributed by atoms with Crippen LogP contribution in [0.3, 0.4) is 0 Å². The van der Waals surface area contributed by atoms with E-state index in [0.717, 1.165) is 57.8 Å². The van der Waals surface area contributed by atoms with E-state index >= 15 is 4.39 Å². The van der Waals surface area contributed by atoms with E-state index in [0.29, 0.717) is 80.0 Å². The summed E-state index contributed by atoms with van der Waals surface area (Å²) in [4.78, 5) is 63.7. The van der Waals surface area contributed by atoms with Crippen LogP contribution in [0, 0.1) is 11.6 Å². The Kier molecular flexibility index (Phi) is 12.1. The molecule has 308 valence electrons. The zero-order chi connectivity index (χ0) is 40.2. The molecule has 4 amide bonds. The molecule has 4 aliphatic heterocycles. The van der Waals surface area contributed by atoms with Crippen molar-refractivity contribution in [3.63, 3.8) is 0 Å². The van der Waals surface area contributed by atoms with Gasteiger partial charge in [0.2, 0.25) is 17.8 Å². The lowest BCUT2D eigenvalue weighted by atomic mass is 9.87. The number of ether oxygens (including phenoxy) is 2. The number of carbonyl (C=O) groups is 4. The summed E-state index contributed by atoms with van der Waals surface area (Å²) in [5, 5.41) is 8.72. The van der Waals surface area contributed by atoms with Crippen molar-refractivity contribution >= 4 is 41.1 Å². The topological polar surface area (TPSA) is 158 Å². The fraction of sp³-hybridized carbons (Fsp3) is 0.524. The first kappa shape index (κ1) is 39.6. The van der Waals surface area contributed by atoms with E-state index in [1.807, 2.05) is 23.1 Å². The van der Waals surface area contributed by atoms with Crippen LogP contribution >= 0.6 is 0 Å². The molecule has 1 unspecified atom stereocenters. The number of aromatic nitrogens is 2. The molecule has 5 aliphatic rings. The molecule has 0 spiro atoms. The van der Waals surface area contributed by atoms with Crippen LogP contribution in [0.5, 0.6) is 0 Å². The van der Waals surface area contributed by atoms with E-state index in [-0.39, 0.29) is 66.4 Å². The van der Waals surface area contributed by atoms with Crippen molar-refractivity contribution in [1.29, 1.82) is 0 Å². The lowest BCUT2D eigenvalue weighted by Gasteiger charge is -2.42. The maximum Gasteiger partial charge on any atom is 0.410 e. The average molecular weight is 801 g/mol. The number of imide groups is 1. The Balaban J connectivity index is 0.754. The summed E-state index contributed by atoms with van der Waals surface area (Å²) < 4.78 is 41.4. The van der Waals surface area contributed by atoms with Gasteiger partial charge in [0, 0.05) is 55.1 Å². The number of rotatable bonds is 9. The Morgan fingerprint density at radius 1 is 0.862 bits per heavy atom. The first-order valence-corrected chi connectivity index (χ1v) is 20.5. The number of nitrogens with zero attached hydrogens (tertiary/aromatic N) is 5. The second-order valence-electron chi connectivity index (χ2n) is 16.0. The monoisotopic (exact) mass is 800 g/mol. The lowest BCUT2D eigenvalue weighted by Crippen LogP contribution is -2.49. The highest BCUT2D eigenvalue weighted by molar-refractivity contribution is 6.01. The zero-order valence-electron chi connectivity index (χ0n) is 32.5. The van der Waals surface area contributed by atoms with E-state index in [1.165, 1.54) is 6.07 Å². The molecule has 1 saturated carbocycles. The zero-order valence-corrected chi connectivity index (χ0v) is 32.5. The predicted molar refractivity (Wildman–Crippen MR) is 211 cm³/mol. The molecule has 16 heteroatoms. The third-order valence-corrected chi connectivity index (χ3v) is 12.2. The van der Waals surface area contributed by atoms with E-state index in [4.69, 9.17) is 9.47 Å². The minimum Gasteiger partial charge on any atom is -0.446 e. The number of nitrogens with one attached hydrogen (secondary N) is 3. The number of hydrogen-bond donors (Lipinski definition) is 3. The Morgan fingerprint density at radius 3 is 2.40 bits per heavy atom. The van der Waals surface area contributed by atoms with E-state index in [1.54, 1.807) is 23.1 Å². The summed E-state index contributed by atoms with van der Waals surface area (Å²) in [6.07, 6.45) is 7.63. The second kappa shape index (κ2) is 17.7. The quantitative estimate of drug-likeness (QED) is 0.244. The summed E-state index contributed by atoms with van der Waals surface area (Å²) in [6, 6.07) is 12.0. The van der Waals surface area contributed by atoms with Crippen LogP contribution in [0.15, 0.2) is 48.7 Å². The van der Waals surface area contributed by atoms with Crippen molar-refractivity contribution in [2.24, 2.45) is 0 Å². The smallest absolute Gasteiger partial charge is 0.410 e. The molecule has 5 heterocycles. The molecule has 14 nitrogen and oxygen atoms in total. The molecule has 1 atom stereocenters. The fourth-order valence-electron chi connectivity index (χ4n) is 8.95. The predicted octanol–water partition coefficient (Wildman–Crippen LogP) is 5.21. The van der Waals surface area contributed by atoms with Gasteiger partial charge in [0.25, 0.3) is 5.91 Å². The van der Waals surface area contributed by atoms with E-state index in [9.17, 15) is 23.6 Å². The van der Waals surface area contributed by atoms with Gasteiger partial charge in [0.15, 0.2) is 5.82 Å². The third kappa shape index (κ3) is 9.23. The van der Waals surface area contributed by atoms with Gasteiger partial charge < -0.3 is 34.8 Å². The Bertz CT molecular complexity index is 2000. The van der Waals surface area contributed by atoms with Crippen molar-refractivity contribution in [2.45, 2.75) is 94.4 Å². The molecule has 4 saturated heterocycles. The number of hydrogen-bond acceptors (Lipinski definition) is 11. The van der Waals surface area contributed by atoms with Crippen LogP contribution in [-0.4, -0.2) is 114 Å². The van der Waals surface area contributed by atoms with Crippen molar-refractivity contribution in [3.8, 4) is 11.3 Å². The van der Waals surface area contributed by atoms with Crippen molar-refractivity contribution < 1.29 is 37.4 Å². The van der Waals surface area contributed by atoms with Crippen LogP contribution < -0.4 is 20.9 Å². The number of benzene rings is 2. The highest BCUT2D eigenvalue weighted by Crippen LogP contribution is 2.34. The van der Waals surface area contributed by atoms with Gasteiger partial charge in [-0.1, -0.05) is 18.2 Å². The van der Waals surface area contributed by atoms with Crippen molar-refractivity contribution in [3.05, 3.63) is 65.9 Å². The molecule has 58 heavy (non-hydrogen) atoms. The number of halogens is 2. The molecule has 1 aliphatic carbocycles. The normalized spacial score (nSPS) is 24.0. The SMILES string of the molecule is O=C1CCC(Nc2ccc(C3CCN(C4CCN(C(=O)OC5CCC(Nc6ncc(F)c(-c7cccc(N8CCOCC8=O)c7)n6)CC5)CC4)CC3)c(F)c2)C(=O)N1. The van der Waals surface area contributed by atoms with Gasteiger partial charge in [-0.25, -0.2) is 23.5 Å². The summed E-state index contributed by atoms with van der Waals surface area (Å²) in [7, 11) is 0. The third-order valence-electron chi connectivity index (χ3n) is 12.2. The molecule has 3 aromatic rings. The van der Waals surface area contributed by atoms with Crippen LogP contribution in [0.25, 0.3) is 11.3 Å². The molecule has 2 aromatic carbocycles. The van der Waals surface area contributed by atoms with Crippen molar-refractivity contribution in [2.75, 3.05) is 61.5 Å². The summed E-state index contributed by atoms with van der Waals surface area (Å²) in [5.74, 6) is -1.23. The second-order valence-corrected chi connectivity index (χ2v) is 16.0. The van der Waals surface area contributed by atoms with Crippen LogP contribution in [-0.2, 0) is 23.9 Å². The Labute approximate surface area is 336 Å². The molecular formula is C42H50F2N8O6. The number of anilines is 3. The van der Waals surface area contributed by atoms with E-state index in [2.05, 4.69) is 30.8 Å². The van der Waals surface area contributed by atoms with Crippen molar-refractivity contribution in [1.82, 2.24) is 25.1 Å². The van der Waals surface area contributed by atoms with Crippen LogP contribution in [0.1, 0.15) is 75.7 Å². The Morgan fingerprint density at radius 2 is 1.66 bits per heavy atom. The number of likely N-dealkylation sites (tertiary alicyclic amines) is 2. The Hall–Kier alpha value is -5.22. The lowest BCUT2D eigenvalue weighted by molar-refractivity contribution is -0.133. The number of amides is 4. The fourth-order valence-corrected chi connectivity index (χ4v) is 8.95. The summed E-state index contributed by atoms with van der Waals surface area (Å²) >= 11 is 0. The minimum absolute atomic E-state index is 0.0169. The summed E-state index contributed by atoms with van der Waals surface area (Å²) in [6.45, 7) is 3.87. The minimum atomic E-state index is -0.558. The maximum atomic E-state index is 15.3. The highest BCUT2D eigenvalue weighted by atomic mass is 19.1. The highest BCUT2D eigenvalue weighted by Gasteiger charge is 2.33. The molecule has 1 aromatic heterocycles. The molecular weight excluding hydrogens is 751 g/mol. The molecule has 0 radical (unpaired) electrons. The average Bonchev–Trinajstić information content (AvgIpc) is 3.24. The number of carbonyl (C=O) groups excluding carboxylic acids is 4. The molecule has 8 rings (SSSR count). The van der Waals surface area contributed by atoms with Gasteiger partial charge in [0.05, 0.1) is 12.8 Å². The molecule has 3 N–H and O–H groups in total. The van der Waals surface area contributed by atoms with Crippen LogP contribution in [0.2, 0.25) is 0 Å². The molecule has 5 fully saturated rings. The molecule has 0 bridgehead atoms. The maximum absolute atomic E-state index is 15.3. The van der Waals surface area contributed by atoms with Gasteiger partial charge in [-0.05, 0) is 107 Å². The largest absolute Gasteiger partial charge is 0.446 e. The van der Waals surface area contributed by atoms with Gasteiger partial charge in [-0.2, -0.15) is 0 Å². The van der Waals surface area contributed by atoms with Gasteiger partial charge >= 0.3 is 6.09 Å². The van der Waals surface area contributed by atoms with E-state index < -0.39 is 11.9 Å². The first-order valence-electron chi connectivity index (χ1n) is 20.5. The number of morpholine rings is 1. The number of piperidine rings is 3. The van der Waals surface area contributed by atoms with Gasteiger partial charge in [-0.3, -0.25) is 19.7 Å². The van der Waals surface area contributed by atoms with Gasteiger partial charge in [0.1, 0.15) is 30.3 Å². The van der Waals surface area contributed by atoms with Gasteiger partial charge in [-0.15, -0.1) is 0 Å². The first-order chi connectivity index (χ1) is 28.2.